The van der Waals surface area contributed by atoms with Crippen LogP contribution in [-0.2, 0) is 14.9 Å². The van der Waals surface area contributed by atoms with Crippen LogP contribution in [0.25, 0.3) is 0 Å². The highest BCUT2D eigenvalue weighted by atomic mass is 32.2. The van der Waals surface area contributed by atoms with Crippen molar-refractivity contribution in [3.05, 3.63) is 0 Å². The van der Waals surface area contributed by atoms with E-state index in [4.69, 9.17) is 14.4 Å². The van der Waals surface area contributed by atoms with E-state index in [2.05, 4.69) is 0 Å². The van der Waals surface area contributed by atoms with Crippen LogP contribution in [0.15, 0.2) is 0 Å². The van der Waals surface area contributed by atoms with E-state index in [1.165, 1.54) is 0 Å². The van der Waals surface area contributed by atoms with Gasteiger partial charge in [0.25, 0.3) is 10.1 Å². The van der Waals surface area contributed by atoms with E-state index < -0.39 is 21.3 Å². The quantitative estimate of drug-likeness (QED) is 0.623. The highest BCUT2D eigenvalue weighted by Gasteiger charge is 2.36. The van der Waals surface area contributed by atoms with Crippen molar-refractivity contribution in [2.45, 2.75) is 12.8 Å². The monoisotopic (exact) mass is 210 g/mol. The molecule has 1 saturated heterocycles. The molecule has 1 rings (SSSR count). The Morgan fingerprint density at radius 1 is 1.46 bits per heavy atom. The molecule has 78 valence electrons. The topological polar surface area (TPSA) is 83.8 Å². The molecule has 0 bridgehead atoms. The van der Waals surface area contributed by atoms with Crippen molar-refractivity contribution >= 4 is 10.1 Å². The molecule has 0 radical (unpaired) electrons. The highest BCUT2D eigenvalue weighted by Crippen LogP contribution is 2.29. The van der Waals surface area contributed by atoms with Gasteiger partial charge in [0.05, 0.1) is 19.0 Å². The first-order valence-corrected chi connectivity index (χ1v) is 5.72. The lowest BCUT2D eigenvalue weighted by molar-refractivity contribution is -0.0258. The van der Waals surface area contributed by atoms with Crippen LogP contribution in [-0.4, -0.2) is 43.7 Å². The number of aliphatic hydroxyl groups excluding tert-OH is 1. The first-order valence-electron chi connectivity index (χ1n) is 4.11. The second kappa shape index (κ2) is 3.91. The van der Waals surface area contributed by atoms with Crippen LogP contribution in [0.3, 0.4) is 0 Å². The molecule has 1 fully saturated rings. The summed E-state index contributed by atoms with van der Waals surface area (Å²) >= 11 is 0. The molecule has 1 atom stereocenters. The van der Waals surface area contributed by atoms with Crippen LogP contribution in [0.2, 0.25) is 0 Å². The third-order valence-electron chi connectivity index (χ3n) is 2.23. The molecule has 1 heterocycles. The molecule has 0 spiro atoms. The van der Waals surface area contributed by atoms with Crippen molar-refractivity contribution in [2.24, 2.45) is 5.41 Å². The lowest BCUT2D eigenvalue weighted by Gasteiger charge is -2.33. The Bertz CT molecular complexity index is 252. The average Bonchev–Trinajstić information content (AvgIpc) is 2.03. The second-order valence-corrected chi connectivity index (χ2v) is 4.99. The SMILES string of the molecule is O=S(=O)(O)C[C@]1(CO)CCCOC1. The number of aliphatic hydroxyl groups is 1. The Morgan fingerprint density at radius 3 is 2.54 bits per heavy atom. The van der Waals surface area contributed by atoms with Crippen LogP contribution < -0.4 is 0 Å². The minimum atomic E-state index is -4.03. The fourth-order valence-electron chi connectivity index (χ4n) is 1.58. The van der Waals surface area contributed by atoms with Gasteiger partial charge in [0.1, 0.15) is 0 Å². The van der Waals surface area contributed by atoms with Gasteiger partial charge in [0.2, 0.25) is 0 Å². The molecule has 13 heavy (non-hydrogen) atoms. The summed E-state index contributed by atoms with van der Waals surface area (Å²) in [6.07, 6.45) is 1.29. The normalized spacial score (nSPS) is 30.3. The summed E-state index contributed by atoms with van der Waals surface area (Å²) in [5.74, 6) is -0.420. The Hall–Kier alpha value is -0.170. The van der Waals surface area contributed by atoms with E-state index in [0.717, 1.165) is 6.42 Å². The summed E-state index contributed by atoms with van der Waals surface area (Å²) in [5, 5.41) is 9.05. The van der Waals surface area contributed by atoms with Crippen LogP contribution in [0.5, 0.6) is 0 Å². The number of rotatable bonds is 3. The first kappa shape index (κ1) is 10.9. The standard InChI is InChI=1S/C7H14O5S/c8-4-7(6-13(9,10)11)2-1-3-12-5-7/h8H,1-6H2,(H,9,10,11)/t7-/m0/s1. The van der Waals surface area contributed by atoms with Gasteiger partial charge in [-0.3, -0.25) is 4.55 Å². The second-order valence-electron chi connectivity index (χ2n) is 3.54. The van der Waals surface area contributed by atoms with Gasteiger partial charge in [0, 0.05) is 12.0 Å². The molecule has 0 amide bonds. The summed E-state index contributed by atoms with van der Waals surface area (Å²) < 4.78 is 35.1. The van der Waals surface area contributed by atoms with Crippen molar-refractivity contribution < 1.29 is 22.8 Å². The summed E-state index contributed by atoms with van der Waals surface area (Å²) in [6.45, 7) is 0.517. The lowest BCUT2D eigenvalue weighted by Crippen LogP contribution is -2.41. The summed E-state index contributed by atoms with van der Waals surface area (Å²) in [6, 6.07) is 0. The maximum absolute atomic E-state index is 10.7. The molecule has 6 heteroatoms. The lowest BCUT2D eigenvalue weighted by atomic mass is 9.86. The van der Waals surface area contributed by atoms with Gasteiger partial charge in [-0.15, -0.1) is 0 Å². The fourth-order valence-corrected chi connectivity index (χ4v) is 2.67. The summed E-state index contributed by atoms with van der Waals surface area (Å²) in [7, 11) is -4.03. The van der Waals surface area contributed by atoms with Crippen molar-refractivity contribution in [3.63, 3.8) is 0 Å². The summed E-state index contributed by atoms with van der Waals surface area (Å²) in [4.78, 5) is 0. The molecule has 1 aliphatic heterocycles. The maximum Gasteiger partial charge on any atom is 0.265 e. The molecular formula is C7H14O5S. The Kier molecular flexibility index (Phi) is 3.28. The first-order chi connectivity index (χ1) is 5.97. The van der Waals surface area contributed by atoms with Gasteiger partial charge < -0.3 is 9.84 Å². The van der Waals surface area contributed by atoms with Gasteiger partial charge in [-0.2, -0.15) is 8.42 Å². The maximum atomic E-state index is 10.7. The minimum absolute atomic E-state index is 0.198. The predicted octanol–water partition coefficient (Wildman–Crippen LogP) is -0.337. The van der Waals surface area contributed by atoms with Gasteiger partial charge in [-0.1, -0.05) is 0 Å². The number of hydrogen-bond donors (Lipinski definition) is 2. The van der Waals surface area contributed by atoms with Crippen molar-refractivity contribution in [1.29, 1.82) is 0 Å². The predicted molar refractivity (Wildman–Crippen MR) is 46.0 cm³/mol. The molecule has 0 saturated carbocycles. The zero-order valence-electron chi connectivity index (χ0n) is 7.27. The van der Waals surface area contributed by atoms with E-state index in [1.807, 2.05) is 0 Å². The fraction of sp³-hybridized carbons (Fsp3) is 1.00. The summed E-state index contributed by atoms with van der Waals surface area (Å²) in [5.41, 5.74) is -0.800. The van der Waals surface area contributed by atoms with E-state index in [-0.39, 0.29) is 13.2 Å². The average molecular weight is 210 g/mol. The zero-order valence-corrected chi connectivity index (χ0v) is 8.09. The molecule has 2 N–H and O–H groups in total. The van der Waals surface area contributed by atoms with Crippen LogP contribution in [0.1, 0.15) is 12.8 Å². The molecule has 5 nitrogen and oxygen atoms in total. The van der Waals surface area contributed by atoms with Gasteiger partial charge in [0.15, 0.2) is 0 Å². The van der Waals surface area contributed by atoms with Crippen molar-refractivity contribution in [2.75, 3.05) is 25.6 Å². The van der Waals surface area contributed by atoms with Crippen molar-refractivity contribution in [3.8, 4) is 0 Å². The van der Waals surface area contributed by atoms with E-state index in [9.17, 15) is 8.42 Å². The van der Waals surface area contributed by atoms with E-state index in [1.54, 1.807) is 0 Å². The largest absolute Gasteiger partial charge is 0.396 e. The van der Waals surface area contributed by atoms with E-state index in [0.29, 0.717) is 13.0 Å². The smallest absolute Gasteiger partial charge is 0.265 e. The number of hydrogen-bond acceptors (Lipinski definition) is 4. The number of ether oxygens (including phenoxy) is 1. The highest BCUT2D eigenvalue weighted by molar-refractivity contribution is 7.85. The van der Waals surface area contributed by atoms with Crippen LogP contribution in [0.4, 0.5) is 0 Å². The zero-order chi connectivity index (χ0) is 9.95. The Morgan fingerprint density at radius 2 is 2.15 bits per heavy atom. The third-order valence-corrected chi connectivity index (χ3v) is 3.21. The Balaban J connectivity index is 2.68. The Labute approximate surface area is 77.5 Å². The molecule has 1 aliphatic rings. The third kappa shape index (κ3) is 3.22. The molecule has 0 unspecified atom stereocenters. The van der Waals surface area contributed by atoms with Gasteiger partial charge in [-0.25, -0.2) is 0 Å². The molecule has 0 aromatic heterocycles. The molecule has 0 aromatic carbocycles. The molecular weight excluding hydrogens is 196 g/mol. The molecule has 0 aromatic rings. The van der Waals surface area contributed by atoms with Crippen LogP contribution >= 0.6 is 0 Å². The van der Waals surface area contributed by atoms with Crippen molar-refractivity contribution in [1.82, 2.24) is 0 Å². The van der Waals surface area contributed by atoms with Crippen LogP contribution in [0, 0.1) is 5.41 Å². The van der Waals surface area contributed by atoms with Gasteiger partial charge >= 0.3 is 0 Å². The minimum Gasteiger partial charge on any atom is -0.396 e. The van der Waals surface area contributed by atoms with E-state index >= 15 is 0 Å². The van der Waals surface area contributed by atoms with Gasteiger partial charge in [-0.05, 0) is 12.8 Å². The molecule has 0 aliphatic carbocycles.